The summed E-state index contributed by atoms with van der Waals surface area (Å²) < 4.78 is 0. The van der Waals surface area contributed by atoms with Crippen LogP contribution >= 0.6 is 24.2 Å². The van der Waals surface area contributed by atoms with Crippen LogP contribution in [0, 0.1) is 0 Å². The van der Waals surface area contributed by atoms with Gasteiger partial charge in [0, 0.05) is 10.8 Å². The van der Waals surface area contributed by atoms with Gasteiger partial charge in [0.2, 0.25) is 0 Å². The first-order valence-corrected chi connectivity index (χ1v) is 10.0. The lowest BCUT2D eigenvalue weighted by molar-refractivity contribution is -0.140. The quantitative estimate of drug-likeness (QED) is 0.395. The van der Waals surface area contributed by atoms with Crippen LogP contribution in [0.15, 0.2) is 72.8 Å². The molecule has 0 aliphatic heterocycles. The summed E-state index contributed by atoms with van der Waals surface area (Å²) in [6, 6.07) is 20.7. The first-order valence-electron chi connectivity index (χ1n) is 9.04. The van der Waals surface area contributed by atoms with Crippen molar-refractivity contribution in [2.75, 3.05) is 5.75 Å². The van der Waals surface area contributed by atoms with Crippen molar-refractivity contribution in [3.63, 3.8) is 0 Å². The molecule has 0 aromatic heterocycles. The van der Waals surface area contributed by atoms with Crippen LogP contribution in [0.4, 0.5) is 0 Å². The SMILES string of the molecule is O=C(O)C(CC(O)(CS)c1ccc(-c2ccc(Cl)cc2)cc1)c1ccc(O)cc1. The highest BCUT2D eigenvalue weighted by molar-refractivity contribution is 7.80. The number of phenolic OH excluding ortho intramolecular Hbond substituents is 1. The standard InChI is InChI=1S/C23H21ClO4S/c24-19-9-3-16(4-10-19)15-1-7-18(8-2-15)23(28,14-29)13-21(22(26)27)17-5-11-20(25)12-6-17/h1-12,21,25,28-29H,13-14H2,(H,26,27). The largest absolute Gasteiger partial charge is 0.508 e. The monoisotopic (exact) mass is 428 g/mol. The Bertz CT molecular complexity index is 971. The lowest BCUT2D eigenvalue weighted by Crippen LogP contribution is -2.32. The average molecular weight is 429 g/mol. The summed E-state index contributed by atoms with van der Waals surface area (Å²) in [6.45, 7) is 0. The Morgan fingerprint density at radius 2 is 1.45 bits per heavy atom. The smallest absolute Gasteiger partial charge is 0.311 e. The Morgan fingerprint density at radius 3 is 1.93 bits per heavy atom. The van der Waals surface area contributed by atoms with Crippen molar-refractivity contribution in [3.8, 4) is 16.9 Å². The van der Waals surface area contributed by atoms with Gasteiger partial charge in [0.25, 0.3) is 0 Å². The van der Waals surface area contributed by atoms with E-state index in [9.17, 15) is 20.1 Å². The third-order valence-electron chi connectivity index (χ3n) is 5.00. The van der Waals surface area contributed by atoms with Gasteiger partial charge in [-0.05, 0) is 52.9 Å². The Kier molecular flexibility index (Phi) is 6.52. The van der Waals surface area contributed by atoms with Crippen LogP contribution in [-0.4, -0.2) is 27.0 Å². The summed E-state index contributed by atoms with van der Waals surface area (Å²) in [4.78, 5) is 11.9. The van der Waals surface area contributed by atoms with Gasteiger partial charge >= 0.3 is 5.97 Å². The molecule has 150 valence electrons. The normalized spacial score (nSPS) is 14.2. The second-order valence-electron chi connectivity index (χ2n) is 6.96. The summed E-state index contributed by atoms with van der Waals surface area (Å²) in [7, 11) is 0. The number of aliphatic carboxylic acids is 1. The van der Waals surface area contributed by atoms with Crippen molar-refractivity contribution in [1.29, 1.82) is 0 Å². The summed E-state index contributed by atoms with van der Waals surface area (Å²) in [5, 5.41) is 31.0. The maximum absolute atomic E-state index is 11.9. The fourth-order valence-electron chi connectivity index (χ4n) is 3.28. The molecular formula is C23H21ClO4S. The van der Waals surface area contributed by atoms with Crippen molar-refractivity contribution >= 4 is 30.2 Å². The summed E-state index contributed by atoms with van der Waals surface area (Å²) in [6.07, 6.45) is -0.0447. The predicted octanol–water partition coefficient (Wildman–Crippen LogP) is 5.09. The lowest BCUT2D eigenvalue weighted by Gasteiger charge is -2.30. The van der Waals surface area contributed by atoms with Crippen LogP contribution in [-0.2, 0) is 10.4 Å². The van der Waals surface area contributed by atoms with E-state index in [4.69, 9.17) is 11.6 Å². The number of rotatable bonds is 7. The summed E-state index contributed by atoms with van der Waals surface area (Å²) in [5.41, 5.74) is 1.62. The number of aromatic hydroxyl groups is 1. The Hall–Kier alpha value is -2.47. The summed E-state index contributed by atoms with van der Waals surface area (Å²) in [5.74, 6) is -1.87. The maximum Gasteiger partial charge on any atom is 0.311 e. The molecule has 4 nitrogen and oxygen atoms in total. The molecule has 0 amide bonds. The molecule has 0 heterocycles. The van der Waals surface area contributed by atoms with Crippen LogP contribution in [0.25, 0.3) is 11.1 Å². The van der Waals surface area contributed by atoms with Gasteiger partial charge in [0.1, 0.15) is 5.75 Å². The molecule has 3 aromatic carbocycles. The van der Waals surface area contributed by atoms with E-state index >= 15 is 0 Å². The van der Waals surface area contributed by atoms with Crippen LogP contribution in [0.3, 0.4) is 0 Å². The number of thiol groups is 1. The molecule has 0 bridgehead atoms. The predicted molar refractivity (Wildman–Crippen MR) is 118 cm³/mol. The Balaban J connectivity index is 1.88. The van der Waals surface area contributed by atoms with Crippen LogP contribution in [0.2, 0.25) is 5.02 Å². The zero-order valence-corrected chi connectivity index (χ0v) is 17.1. The topological polar surface area (TPSA) is 77.8 Å². The molecule has 2 unspecified atom stereocenters. The molecule has 29 heavy (non-hydrogen) atoms. The number of hydrogen-bond donors (Lipinski definition) is 4. The highest BCUT2D eigenvalue weighted by Crippen LogP contribution is 2.36. The Morgan fingerprint density at radius 1 is 0.931 bits per heavy atom. The second kappa shape index (κ2) is 8.91. The maximum atomic E-state index is 11.9. The van der Waals surface area contributed by atoms with Crippen LogP contribution < -0.4 is 0 Å². The molecule has 3 aromatic rings. The number of benzene rings is 3. The second-order valence-corrected chi connectivity index (χ2v) is 7.71. The Labute approximate surface area is 179 Å². The molecule has 0 radical (unpaired) electrons. The highest BCUT2D eigenvalue weighted by atomic mass is 35.5. The molecule has 6 heteroatoms. The first kappa shape index (κ1) is 21.2. The average Bonchev–Trinajstić information content (AvgIpc) is 2.73. The number of aliphatic hydroxyl groups is 1. The van der Waals surface area contributed by atoms with Gasteiger partial charge in [0.05, 0.1) is 11.5 Å². The van der Waals surface area contributed by atoms with Crippen LogP contribution in [0.1, 0.15) is 23.5 Å². The van der Waals surface area contributed by atoms with Gasteiger partial charge < -0.3 is 15.3 Å². The highest BCUT2D eigenvalue weighted by Gasteiger charge is 2.35. The molecule has 2 atom stereocenters. The van der Waals surface area contributed by atoms with E-state index < -0.39 is 17.5 Å². The van der Waals surface area contributed by atoms with Crippen molar-refractivity contribution in [1.82, 2.24) is 0 Å². The van der Waals surface area contributed by atoms with Crippen molar-refractivity contribution < 1.29 is 20.1 Å². The van der Waals surface area contributed by atoms with Gasteiger partial charge in [-0.3, -0.25) is 4.79 Å². The first-order chi connectivity index (χ1) is 13.8. The van der Waals surface area contributed by atoms with Gasteiger partial charge in [-0.15, -0.1) is 0 Å². The zero-order valence-electron chi connectivity index (χ0n) is 15.5. The van der Waals surface area contributed by atoms with Gasteiger partial charge in [0.15, 0.2) is 0 Å². The number of halogens is 1. The molecule has 0 saturated heterocycles. The van der Waals surface area contributed by atoms with E-state index in [1.54, 1.807) is 24.3 Å². The number of phenols is 1. The van der Waals surface area contributed by atoms with Crippen molar-refractivity contribution in [3.05, 3.63) is 88.9 Å². The minimum atomic E-state index is -1.43. The number of hydrogen-bond acceptors (Lipinski definition) is 4. The van der Waals surface area contributed by atoms with E-state index in [1.807, 2.05) is 36.4 Å². The van der Waals surface area contributed by atoms with E-state index in [1.165, 1.54) is 12.1 Å². The number of carboxylic acids is 1. The van der Waals surface area contributed by atoms with Gasteiger partial charge in [-0.25, -0.2) is 0 Å². The van der Waals surface area contributed by atoms with Gasteiger partial charge in [-0.2, -0.15) is 12.6 Å². The van der Waals surface area contributed by atoms with Gasteiger partial charge in [-0.1, -0.05) is 60.1 Å². The number of carbonyl (C=O) groups is 1. The van der Waals surface area contributed by atoms with E-state index in [0.29, 0.717) is 16.1 Å². The third kappa shape index (κ3) is 4.93. The van der Waals surface area contributed by atoms with Crippen molar-refractivity contribution in [2.45, 2.75) is 17.9 Å². The van der Waals surface area contributed by atoms with E-state index in [-0.39, 0.29) is 17.9 Å². The zero-order chi connectivity index (χ0) is 21.0. The number of carboxylic acid groups (broad SMARTS) is 1. The molecule has 0 spiro atoms. The lowest BCUT2D eigenvalue weighted by atomic mass is 9.82. The van der Waals surface area contributed by atoms with E-state index in [2.05, 4.69) is 12.6 Å². The minimum Gasteiger partial charge on any atom is -0.508 e. The molecule has 3 rings (SSSR count). The molecular weight excluding hydrogens is 408 g/mol. The molecule has 0 saturated carbocycles. The molecule has 3 N–H and O–H groups in total. The fraction of sp³-hybridized carbons (Fsp3) is 0.174. The molecule has 0 fully saturated rings. The van der Waals surface area contributed by atoms with Crippen molar-refractivity contribution in [2.24, 2.45) is 0 Å². The molecule has 0 aliphatic rings. The van der Waals surface area contributed by atoms with E-state index in [0.717, 1.165) is 11.1 Å². The summed E-state index contributed by atoms with van der Waals surface area (Å²) >= 11 is 10.2. The fourth-order valence-corrected chi connectivity index (χ4v) is 3.72. The van der Waals surface area contributed by atoms with Crippen LogP contribution in [0.5, 0.6) is 5.75 Å². The minimum absolute atomic E-state index is 0.0447. The molecule has 0 aliphatic carbocycles. The third-order valence-corrected chi connectivity index (χ3v) is 5.77.